The lowest BCUT2D eigenvalue weighted by Gasteiger charge is -2.20. The fraction of sp³-hybridized carbons (Fsp3) is 0.591. The van der Waals surface area contributed by atoms with Crippen molar-refractivity contribution in [2.45, 2.75) is 45.8 Å². The van der Waals surface area contributed by atoms with Crippen LogP contribution in [-0.4, -0.2) is 49.7 Å². The molecule has 0 saturated heterocycles. The van der Waals surface area contributed by atoms with Crippen LogP contribution in [0.15, 0.2) is 35.3 Å². The zero-order chi connectivity index (χ0) is 21.8. The number of ketones is 1. The van der Waals surface area contributed by atoms with Crippen LogP contribution in [0.5, 0.6) is 0 Å². The van der Waals surface area contributed by atoms with Gasteiger partial charge in [-0.25, -0.2) is 0 Å². The van der Waals surface area contributed by atoms with Gasteiger partial charge in [0, 0.05) is 19.1 Å². The van der Waals surface area contributed by atoms with Gasteiger partial charge in [0.15, 0.2) is 0 Å². The molecule has 0 aromatic heterocycles. The van der Waals surface area contributed by atoms with Crippen molar-refractivity contribution in [1.82, 2.24) is 0 Å². The predicted octanol–water partition coefficient (Wildman–Crippen LogP) is 3.17. The van der Waals surface area contributed by atoms with E-state index in [1.807, 2.05) is 44.2 Å². The molecule has 0 fully saturated rings. The molecule has 7 heteroatoms. The number of hydrogen-bond acceptors (Lipinski definition) is 5. The first-order valence-electron chi connectivity index (χ1n) is 10.1. The van der Waals surface area contributed by atoms with Crippen LogP contribution in [0.1, 0.15) is 38.7 Å². The highest BCUT2D eigenvalue weighted by atomic mass is 31.1. The van der Waals surface area contributed by atoms with Crippen LogP contribution in [0.2, 0.25) is 0 Å². The number of benzene rings is 1. The lowest BCUT2D eigenvalue weighted by atomic mass is 9.88. The molecule has 0 bridgehead atoms. The lowest BCUT2D eigenvalue weighted by Crippen LogP contribution is -2.35. The van der Waals surface area contributed by atoms with Gasteiger partial charge in [0.1, 0.15) is 12.4 Å². The Kier molecular flexibility index (Phi) is 11.7. The summed E-state index contributed by atoms with van der Waals surface area (Å²) >= 11 is 0. The number of nitrogens with zero attached hydrogens (tertiary/aromatic N) is 1. The third kappa shape index (κ3) is 10.5. The highest BCUT2D eigenvalue weighted by Gasteiger charge is 2.28. The zero-order valence-electron chi connectivity index (χ0n) is 18.1. The van der Waals surface area contributed by atoms with Gasteiger partial charge in [-0.1, -0.05) is 44.2 Å². The smallest absolute Gasteiger partial charge is 0.309 e. The van der Waals surface area contributed by atoms with Crippen LogP contribution >= 0.6 is 7.92 Å². The van der Waals surface area contributed by atoms with E-state index in [-0.39, 0.29) is 38.6 Å². The van der Waals surface area contributed by atoms with Crippen molar-refractivity contribution in [1.29, 1.82) is 0 Å². The van der Waals surface area contributed by atoms with Gasteiger partial charge in [0.2, 0.25) is 0 Å². The van der Waals surface area contributed by atoms with E-state index in [1.54, 1.807) is 0 Å². The van der Waals surface area contributed by atoms with Crippen molar-refractivity contribution >= 4 is 25.5 Å². The van der Waals surface area contributed by atoms with Gasteiger partial charge in [0.05, 0.1) is 17.8 Å². The number of carbonyl (C=O) groups excluding carboxylic acids is 2. The Morgan fingerprint density at radius 2 is 1.83 bits per heavy atom. The number of ether oxygens (including phenoxy) is 1. The summed E-state index contributed by atoms with van der Waals surface area (Å²) in [6, 6.07) is 8.91. The van der Waals surface area contributed by atoms with Crippen molar-refractivity contribution in [2.24, 2.45) is 28.3 Å². The summed E-state index contributed by atoms with van der Waals surface area (Å²) in [5.41, 5.74) is 12.8. The minimum absolute atomic E-state index is 0.00296. The molecule has 0 amide bonds. The summed E-state index contributed by atoms with van der Waals surface area (Å²) in [5, 5.41) is 0. The molecule has 1 aromatic rings. The molecule has 1 rings (SSSR count). The van der Waals surface area contributed by atoms with Crippen molar-refractivity contribution in [3.8, 4) is 0 Å². The Hall–Kier alpha value is -1.78. The normalized spacial score (nSPS) is 14.1. The first-order chi connectivity index (χ1) is 13.7. The van der Waals surface area contributed by atoms with Crippen LogP contribution < -0.4 is 11.5 Å². The Labute approximate surface area is 176 Å². The number of rotatable bonds is 13. The molecule has 4 N–H and O–H groups in total. The van der Waals surface area contributed by atoms with E-state index in [0.29, 0.717) is 25.2 Å². The molecule has 0 unspecified atom stereocenters. The quantitative estimate of drug-likeness (QED) is 0.167. The zero-order valence-corrected chi connectivity index (χ0v) is 19.0. The molecule has 0 radical (unpaired) electrons. The van der Waals surface area contributed by atoms with Gasteiger partial charge in [-0.05, 0) is 37.7 Å². The van der Waals surface area contributed by atoms with E-state index >= 15 is 0 Å². The van der Waals surface area contributed by atoms with Gasteiger partial charge in [-0.2, -0.15) is 0 Å². The molecule has 6 nitrogen and oxygen atoms in total. The van der Waals surface area contributed by atoms with Crippen molar-refractivity contribution in [3.63, 3.8) is 0 Å². The van der Waals surface area contributed by atoms with Crippen LogP contribution in [0.25, 0.3) is 0 Å². The molecule has 162 valence electrons. The molecule has 0 aliphatic heterocycles. The molecule has 0 heterocycles. The van der Waals surface area contributed by atoms with Gasteiger partial charge in [-0.15, -0.1) is 7.92 Å². The van der Waals surface area contributed by atoms with Gasteiger partial charge in [0.25, 0.3) is 0 Å². The molecule has 2 atom stereocenters. The van der Waals surface area contributed by atoms with Crippen LogP contribution in [-0.2, 0) is 20.9 Å². The second kappa shape index (κ2) is 13.4. The Balaban J connectivity index is 2.46. The number of nitrogens with two attached hydrogens (primary N) is 2. The van der Waals surface area contributed by atoms with Crippen molar-refractivity contribution in [2.75, 3.05) is 26.0 Å². The first-order valence-corrected chi connectivity index (χ1v) is 12.5. The van der Waals surface area contributed by atoms with E-state index in [4.69, 9.17) is 16.2 Å². The lowest BCUT2D eigenvalue weighted by molar-refractivity contribution is -0.153. The average molecular weight is 422 g/mol. The molecule has 0 aliphatic rings. The monoisotopic (exact) mass is 421 g/mol. The number of Topliss-reactive ketones (excluding diaryl/α,β-unsaturated/α-hetero) is 1. The van der Waals surface area contributed by atoms with Gasteiger partial charge in [-0.3, -0.25) is 14.6 Å². The Morgan fingerprint density at radius 3 is 2.41 bits per heavy atom. The van der Waals surface area contributed by atoms with E-state index < -0.39 is 12.0 Å². The Bertz CT molecular complexity index is 663. The third-order valence-corrected chi connectivity index (χ3v) is 5.59. The van der Waals surface area contributed by atoms with E-state index in [1.165, 1.54) is 0 Å². The summed E-state index contributed by atoms with van der Waals surface area (Å²) in [7, 11) is -0.103. The van der Waals surface area contributed by atoms with Crippen molar-refractivity contribution in [3.05, 3.63) is 35.9 Å². The highest BCUT2D eigenvalue weighted by Crippen LogP contribution is 2.23. The number of carbonyl (C=O) groups is 2. The summed E-state index contributed by atoms with van der Waals surface area (Å²) in [4.78, 5) is 29.3. The standard InChI is InChI=1S/C22H36N3O3P/c1-16(2)18(22(27)28-14-17-9-6-5-7-10-17)13-20(26)19(23)11-8-12-25-21(24)15-29(3)4/h5-7,9-10,16,18-19H,8,11-15,23H2,1-4H3,(H2,24,25)/t18-,19+/m0/s1. The fourth-order valence-corrected chi connectivity index (χ4v) is 3.61. The molecular weight excluding hydrogens is 385 g/mol. The number of esters is 1. The summed E-state index contributed by atoms with van der Waals surface area (Å²) in [6.45, 7) is 8.93. The second-order valence-corrected chi connectivity index (χ2v) is 10.4. The third-order valence-electron chi connectivity index (χ3n) is 4.63. The van der Waals surface area contributed by atoms with E-state index in [0.717, 1.165) is 11.7 Å². The molecule has 0 spiro atoms. The predicted molar refractivity (Wildman–Crippen MR) is 122 cm³/mol. The maximum atomic E-state index is 12.5. The number of hydrogen-bond donors (Lipinski definition) is 2. The minimum atomic E-state index is -0.593. The second-order valence-electron chi connectivity index (χ2n) is 7.97. The van der Waals surface area contributed by atoms with Crippen molar-refractivity contribution < 1.29 is 14.3 Å². The summed E-state index contributed by atoms with van der Waals surface area (Å²) in [5.74, 6) is -0.279. The number of amidine groups is 1. The van der Waals surface area contributed by atoms with E-state index in [2.05, 4.69) is 18.3 Å². The first kappa shape index (κ1) is 25.3. The highest BCUT2D eigenvalue weighted by molar-refractivity contribution is 7.57. The molecule has 0 saturated carbocycles. The summed E-state index contributed by atoms with van der Waals surface area (Å²) < 4.78 is 5.43. The fourth-order valence-electron chi connectivity index (χ4n) is 2.86. The largest absolute Gasteiger partial charge is 0.461 e. The van der Waals surface area contributed by atoms with Gasteiger partial charge >= 0.3 is 5.97 Å². The average Bonchev–Trinajstić information content (AvgIpc) is 2.67. The van der Waals surface area contributed by atoms with Crippen LogP contribution in [0.3, 0.4) is 0 Å². The van der Waals surface area contributed by atoms with Crippen LogP contribution in [0.4, 0.5) is 0 Å². The SMILES string of the molecule is CC(C)[C@H](CC(=O)[C@H](N)CCCN=C(N)CP(C)C)C(=O)OCc1ccccc1. The summed E-state index contributed by atoms with van der Waals surface area (Å²) in [6.07, 6.45) is 2.17. The van der Waals surface area contributed by atoms with Gasteiger partial charge < -0.3 is 16.2 Å². The Morgan fingerprint density at radius 1 is 1.17 bits per heavy atom. The minimum Gasteiger partial charge on any atom is -0.461 e. The number of aliphatic imine (C=N–C) groups is 1. The van der Waals surface area contributed by atoms with Crippen LogP contribution in [0, 0.1) is 11.8 Å². The molecule has 29 heavy (non-hydrogen) atoms. The molecule has 0 aliphatic carbocycles. The molecule has 1 aromatic carbocycles. The molecular formula is C22H36N3O3P. The maximum Gasteiger partial charge on any atom is 0.309 e. The van der Waals surface area contributed by atoms with E-state index in [9.17, 15) is 9.59 Å². The maximum absolute atomic E-state index is 12.5. The topological polar surface area (TPSA) is 108 Å².